The summed E-state index contributed by atoms with van der Waals surface area (Å²) in [5, 5.41) is 8.69. The number of aliphatic carboxylic acids is 1. The Bertz CT molecular complexity index is 568. The van der Waals surface area contributed by atoms with Gasteiger partial charge >= 0.3 is 5.97 Å². The summed E-state index contributed by atoms with van der Waals surface area (Å²) in [5.41, 5.74) is 1.03. The summed E-state index contributed by atoms with van der Waals surface area (Å²) < 4.78 is 13.5. The van der Waals surface area contributed by atoms with Crippen LogP contribution in [0.5, 0.6) is 0 Å². The number of nitrogens with one attached hydrogen (secondary N) is 1. The van der Waals surface area contributed by atoms with Crippen molar-refractivity contribution >= 4 is 21.9 Å². The number of halogens is 2. The third kappa shape index (κ3) is 2.71. The smallest absolute Gasteiger partial charge is 0.309 e. The van der Waals surface area contributed by atoms with Crippen molar-refractivity contribution in [1.29, 1.82) is 0 Å². The van der Waals surface area contributed by atoms with E-state index in [1.54, 1.807) is 12.1 Å². The summed E-state index contributed by atoms with van der Waals surface area (Å²) in [7, 11) is 0. The molecule has 0 atom stereocenters. The van der Waals surface area contributed by atoms with Crippen LogP contribution in [0.25, 0.3) is 11.4 Å². The summed E-state index contributed by atoms with van der Waals surface area (Å²) in [4.78, 5) is 17.5. The number of carboxylic acid groups (broad SMARTS) is 1. The highest BCUT2D eigenvalue weighted by Crippen LogP contribution is 2.22. The number of H-pyrrole nitrogens is 1. The van der Waals surface area contributed by atoms with Crippen LogP contribution < -0.4 is 0 Å². The number of aromatic amines is 1. The first-order valence-electron chi connectivity index (χ1n) is 4.78. The molecule has 1 heterocycles. The largest absolute Gasteiger partial charge is 0.481 e. The highest BCUT2D eigenvalue weighted by Gasteiger charge is 2.12. The van der Waals surface area contributed by atoms with Gasteiger partial charge in [0.15, 0.2) is 0 Å². The van der Waals surface area contributed by atoms with Crippen molar-refractivity contribution < 1.29 is 14.3 Å². The summed E-state index contributed by atoms with van der Waals surface area (Å²) in [6.45, 7) is 0. The molecule has 0 amide bonds. The van der Waals surface area contributed by atoms with Gasteiger partial charge in [-0.2, -0.15) is 0 Å². The van der Waals surface area contributed by atoms with Crippen molar-refractivity contribution in [2.45, 2.75) is 6.42 Å². The summed E-state index contributed by atoms with van der Waals surface area (Å²) in [6, 6.07) is 5.92. The van der Waals surface area contributed by atoms with Crippen LogP contribution in [0.1, 0.15) is 5.69 Å². The zero-order valence-electron chi connectivity index (χ0n) is 8.58. The van der Waals surface area contributed by atoms with Crippen molar-refractivity contribution in [3.8, 4) is 11.4 Å². The molecular formula is C11H8BrFN2O2. The minimum atomic E-state index is -0.958. The number of carbonyl (C=O) groups is 1. The number of rotatable bonds is 3. The average Bonchev–Trinajstić information content (AvgIpc) is 2.59. The van der Waals surface area contributed by atoms with Gasteiger partial charge in [0.05, 0.1) is 12.1 Å². The fourth-order valence-corrected chi connectivity index (χ4v) is 1.85. The topological polar surface area (TPSA) is 66.0 Å². The standard InChI is InChI=1S/C11H8BrFN2O2/c12-10-8(5-9(16)17)14-11(15-10)6-2-1-3-7(13)4-6/h1-4H,5H2,(H,14,15)(H,16,17). The lowest BCUT2D eigenvalue weighted by molar-refractivity contribution is -0.136. The molecule has 4 nitrogen and oxygen atoms in total. The molecule has 0 aliphatic rings. The fourth-order valence-electron chi connectivity index (χ4n) is 1.43. The SMILES string of the molecule is O=C(O)Cc1[nH]c(-c2cccc(F)c2)nc1Br. The van der Waals surface area contributed by atoms with Gasteiger partial charge in [-0.25, -0.2) is 9.37 Å². The Hall–Kier alpha value is -1.69. The van der Waals surface area contributed by atoms with Crippen molar-refractivity contribution in [1.82, 2.24) is 9.97 Å². The van der Waals surface area contributed by atoms with Gasteiger partial charge in [-0.05, 0) is 28.1 Å². The van der Waals surface area contributed by atoms with E-state index in [0.29, 0.717) is 21.7 Å². The van der Waals surface area contributed by atoms with E-state index in [0.717, 1.165) is 0 Å². The van der Waals surface area contributed by atoms with Crippen LogP contribution >= 0.6 is 15.9 Å². The predicted octanol–water partition coefficient (Wildman–Crippen LogP) is 2.61. The zero-order valence-corrected chi connectivity index (χ0v) is 10.2. The van der Waals surface area contributed by atoms with Crippen molar-refractivity contribution in [2.24, 2.45) is 0 Å². The van der Waals surface area contributed by atoms with Crippen molar-refractivity contribution in [3.05, 3.63) is 40.4 Å². The molecule has 2 N–H and O–H groups in total. The van der Waals surface area contributed by atoms with Gasteiger partial charge in [0.1, 0.15) is 16.2 Å². The van der Waals surface area contributed by atoms with Crippen LogP contribution in [0.2, 0.25) is 0 Å². The van der Waals surface area contributed by atoms with E-state index in [1.165, 1.54) is 12.1 Å². The van der Waals surface area contributed by atoms with Gasteiger partial charge < -0.3 is 10.1 Å². The van der Waals surface area contributed by atoms with Crippen LogP contribution in [0.3, 0.4) is 0 Å². The lowest BCUT2D eigenvalue weighted by atomic mass is 10.2. The van der Waals surface area contributed by atoms with Crippen LogP contribution in [0.15, 0.2) is 28.9 Å². The number of hydrogen-bond donors (Lipinski definition) is 2. The molecule has 1 aromatic carbocycles. The predicted molar refractivity (Wildman–Crippen MR) is 63.0 cm³/mol. The second-order valence-corrected chi connectivity index (χ2v) is 4.19. The van der Waals surface area contributed by atoms with Crippen LogP contribution in [0.4, 0.5) is 4.39 Å². The minimum absolute atomic E-state index is 0.164. The number of nitrogens with zero attached hydrogens (tertiary/aromatic N) is 1. The molecule has 88 valence electrons. The molecule has 2 rings (SSSR count). The number of carboxylic acids is 1. The molecule has 0 unspecified atom stereocenters. The molecule has 6 heteroatoms. The van der Waals surface area contributed by atoms with E-state index in [9.17, 15) is 9.18 Å². The number of aromatic nitrogens is 2. The van der Waals surface area contributed by atoms with Gasteiger partial charge in [0.25, 0.3) is 0 Å². The van der Waals surface area contributed by atoms with E-state index in [-0.39, 0.29) is 12.2 Å². The molecule has 1 aromatic heterocycles. The summed E-state index contributed by atoms with van der Waals surface area (Å²) in [6.07, 6.45) is -0.164. The van der Waals surface area contributed by atoms with Gasteiger partial charge in [-0.15, -0.1) is 0 Å². The molecule has 0 aliphatic heterocycles. The zero-order chi connectivity index (χ0) is 12.4. The first-order chi connectivity index (χ1) is 8.06. The Morgan fingerprint density at radius 2 is 2.29 bits per heavy atom. The maximum atomic E-state index is 13.0. The monoisotopic (exact) mass is 298 g/mol. The molecular weight excluding hydrogens is 291 g/mol. The lowest BCUT2D eigenvalue weighted by Crippen LogP contribution is -2.00. The van der Waals surface area contributed by atoms with E-state index in [2.05, 4.69) is 25.9 Å². The lowest BCUT2D eigenvalue weighted by Gasteiger charge is -1.96. The Morgan fingerprint density at radius 1 is 1.53 bits per heavy atom. The maximum Gasteiger partial charge on any atom is 0.309 e. The second-order valence-electron chi connectivity index (χ2n) is 3.44. The quantitative estimate of drug-likeness (QED) is 0.915. The molecule has 2 aromatic rings. The summed E-state index contributed by atoms with van der Waals surface area (Å²) in [5.74, 6) is -0.887. The molecule has 0 radical (unpaired) electrons. The van der Waals surface area contributed by atoms with Gasteiger partial charge in [-0.1, -0.05) is 12.1 Å². The highest BCUT2D eigenvalue weighted by atomic mass is 79.9. The van der Waals surface area contributed by atoms with Gasteiger partial charge in [0.2, 0.25) is 0 Å². The van der Waals surface area contributed by atoms with Gasteiger partial charge in [-0.3, -0.25) is 4.79 Å². The highest BCUT2D eigenvalue weighted by molar-refractivity contribution is 9.10. The Balaban J connectivity index is 2.37. The van der Waals surface area contributed by atoms with Crippen molar-refractivity contribution in [3.63, 3.8) is 0 Å². The van der Waals surface area contributed by atoms with Crippen LogP contribution in [-0.2, 0) is 11.2 Å². The molecule has 17 heavy (non-hydrogen) atoms. The number of imidazole rings is 1. The molecule has 0 fully saturated rings. The van der Waals surface area contributed by atoms with E-state index < -0.39 is 5.97 Å². The fraction of sp³-hybridized carbons (Fsp3) is 0.0909. The van der Waals surface area contributed by atoms with E-state index in [4.69, 9.17) is 5.11 Å². The minimum Gasteiger partial charge on any atom is -0.481 e. The Labute approximate surface area is 105 Å². The average molecular weight is 299 g/mol. The molecule has 0 bridgehead atoms. The third-order valence-electron chi connectivity index (χ3n) is 2.15. The van der Waals surface area contributed by atoms with E-state index >= 15 is 0 Å². The molecule has 0 saturated heterocycles. The Morgan fingerprint density at radius 3 is 2.94 bits per heavy atom. The molecule has 0 aliphatic carbocycles. The third-order valence-corrected chi connectivity index (χ3v) is 2.81. The first kappa shape index (κ1) is 11.8. The summed E-state index contributed by atoms with van der Waals surface area (Å²) >= 11 is 3.16. The van der Waals surface area contributed by atoms with E-state index in [1.807, 2.05) is 0 Å². The number of hydrogen-bond acceptors (Lipinski definition) is 2. The molecule has 0 saturated carbocycles. The first-order valence-corrected chi connectivity index (χ1v) is 5.57. The normalized spacial score (nSPS) is 10.5. The van der Waals surface area contributed by atoms with Crippen LogP contribution in [0, 0.1) is 5.82 Å². The maximum absolute atomic E-state index is 13.0. The van der Waals surface area contributed by atoms with Crippen molar-refractivity contribution in [2.75, 3.05) is 0 Å². The van der Waals surface area contributed by atoms with Gasteiger partial charge in [0, 0.05) is 5.56 Å². The second kappa shape index (κ2) is 4.67. The molecule has 0 spiro atoms. The van der Waals surface area contributed by atoms with Crippen LogP contribution in [-0.4, -0.2) is 21.0 Å². The Kier molecular flexibility index (Phi) is 3.23. The number of benzene rings is 1.